The number of nitrogens with one attached hydrogen (secondary N) is 1. The molecule has 2 aromatic carbocycles. The van der Waals surface area contributed by atoms with E-state index < -0.39 is 12.3 Å². The van der Waals surface area contributed by atoms with Crippen LogP contribution in [0, 0.1) is 0 Å². The van der Waals surface area contributed by atoms with Crippen molar-refractivity contribution in [2.45, 2.75) is 6.36 Å². The van der Waals surface area contributed by atoms with Crippen LogP contribution in [0.15, 0.2) is 60.9 Å². The lowest BCUT2D eigenvalue weighted by Gasteiger charge is -2.10. The van der Waals surface area contributed by atoms with Crippen molar-refractivity contribution in [2.24, 2.45) is 0 Å². The number of carboxylic acid groups (broad SMARTS) is 1. The monoisotopic (exact) mass is 375 g/mol. The van der Waals surface area contributed by atoms with Crippen LogP contribution in [-0.4, -0.2) is 27.4 Å². The topological polar surface area (TPSA) is 84.3 Å². The van der Waals surface area contributed by atoms with Crippen LogP contribution in [0.4, 0.5) is 24.7 Å². The standard InChI is InChI=1S/C18H12F3N3O3/c19-18(20,21)27-14-6-4-13(5-7-14)24-16-9-15(22-10-23-16)11-2-1-3-12(8-11)17(25)26/h1-10H,(H,25,26)(H,22,23,24). The molecule has 0 aliphatic heterocycles. The van der Waals surface area contributed by atoms with Gasteiger partial charge in [-0.1, -0.05) is 12.1 Å². The van der Waals surface area contributed by atoms with Gasteiger partial charge in [-0.3, -0.25) is 0 Å². The molecule has 2 N–H and O–H groups in total. The summed E-state index contributed by atoms with van der Waals surface area (Å²) >= 11 is 0. The molecule has 0 saturated heterocycles. The second kappa shape index (κ2) is 7.32. The molecule has 0 unspecified atom stereocenters. The fraction of sp³-hybridized carbons (Fsp3) is 0.0556. The molecule has 3 rings (SSSR count). The summed E-state index contributed by atoms with van der Waals surface area (Å²) in [5, 5.41) is 12.0. The quantitative estimate of drug-likeness (QED) is 0.684. The van der Waals surface area contributed by atoms with E-state index in [4.69, 9.17) is 5.11 Å². The van der Waals surface area contributed by atoms with Crippen LogP contribution in [0.1, 0.15) is 10.4 Å². The Morgan fingerprint density at radius 2 is 1.78 bits per heavy atom. The van der Waals surface area contributed by atoms with Crippen molar-refractivity contribution in [1.82, 2.24) is 9.97 Å². The Morgan fingerprint density at radius 3 is 2.44 bits per heavy atom. The van der Waals surface area contributed by atoms with E-state index >= 15 is 0 Å². The summed E-state index contributed by atoms with van der Waals surface area (Å²) in [5.74, 6) is -0.988. The maximum Gasteiger partial charge on any atom is 0.573 e. The number of rotatable bonds is 5. The van der Waals surface area contributed by atoms with Crippen LogP contribution in [0.25, 0.3) is 11.3 Å². The van der Waals surface area contributed by atoms with E-state index in [1.54, 1.807) is 18.2 Å². The number of benzene rings is 2. The molecule has 6 nitrogen and oxygen atoms in total. The minimum Gasteiger partial charge on any atom is -0.478 e. The smallest absolute Gasteiger partial charge is 0.478 e. The van der Waals surface area contributed by atoms with Gasteiger partial charge in [0.1, 0.15) is 17.9 Å². The van der Waals surface area contributed by atoms with Gasteiger partial charge in [-0.15, -0.1) is 13.2 Å². The van der Waals surface area contributed by atoms with Gasteiger partial charge in [0.15, 0.2) is 0 Å². The third-order valence-corrected chi connectivity index (χ3v) is 3.43. The molecule has 138 valence electrons. The number of hydrogen-bond donors (Lipinski definition) is 2. The Hall–Kier alpha value is -3.62. The first-order chi connectivity index (χ1) is 12.8. The molecule has 9 heteroatoms. The molecule has 0 aliphatic rings. The van der Waals surface area contributed by atoms with Crippen LogP contribution in [0.5, 0.6) is 5.75 Å². The maximum atomic E-state index is 12.2. The number of halogens is 3. The van der Waals surface area contributed by atoms with E-state index in [0.29, 0.717) is 22.8 Å². The van der Waals surface area contributed by atoms with Crippen LogP contribution >= 0.6 is 0 Å². The molecule has 3 aromatic rings. The van der Waals surface area contributed by atoms with E-state index in [0.717, 1.165) is 0 Å². The van der Waals surface area contributed by atoms with Gasteiger partial charge >= 0.3 is 12.3 Å². The van der Waals surface area contributed by atoms with Crippen molar-refractivity contribution in [2.75, 3.05) is 5.32 Å². The lowest BCUT2D eigenvalue weighted by Crippen LogP contribution is -2.16. The molecule has 0 aliphatic carbocycles. The predicted octanol–water partition coefficient (Wildman–Crippen LogP) is 4.48. The number of alkyl halides is 3. The van der Waals surface area contributed by atoms with Gasteiger partial charge in [-0.25, -0.2) is 14.8 Å². The van der Waals surface area contributed by atoms with E-state index in [-0.39, 0.29) is 11.3 Å². The Balaban J connectivity index is 1.78. The number of carboxylic acids is 1. The van der Waals surface area contributed by atoms with Crippen molar-refractivity contribution in [3.8, 4) is 17.0 Å². The summed E-state index contributed by atoms with van der Waals surface area (Å²) in [7, 11) is 0. The second-order valence-electron chi connectivity index (χ2n) is 5.37. The maximum absolute atomic E-state index is 12.2. The van der Waals surface area contributed by atoms with Crippen molar-refractivity contribution < 1.29 is 27.8 Å². The van der Waals surface area contributed by atoms with Crippen molar-refractivity contribution in [3.63, 3.8) is 0 Å². The number of aromatic carboxylic acids is 1. The van der Waals surface area contributed by atoms with Gasteiger partial charge in [0.2, 0.25) is 0 Å². The summed E-state index contributed by atoms with van der Waals surface area (Å²) in [6.45, 7) is 0. The number of carbonyl (C=O) groups is 1. The normalized spacial score (nSPS) is 11.1. The zero-order chi connectivity index (χ0) is 19.4. The van der Waals surface area contributed by atoms with Crippen molar-refractivity contribution in [1.29, 1.82) is 0 Å². The summed E-state index contributed by atoms with van der Waals surface area (Å²) in [4.78, 5) is 19.2. The predicted molar refractivity (Wildman–Crippen MR) is 90.8 cm³/mol. The highest BCUT2D eigenvalue weighted by molar-refractivity contribution is 5.89. The minimum absolute atomic E-state index is 0.126. The number of aromatic nitrogens is 2. The highest BCUT2D eigenvalue weighted by Gasteiger charge is 2.30. The average Bonchev–Trinajstić information content (AvgIpc) is 2.62. The van der Waals surface area contributed by atoms with Gasteiger partial charge in [0, 0.05) is 17.3 Å². The van der Waals surface area contributed by atoms with Gasteiger partial charge < -0.3 is 15.2 Å². The van der Waals surface area contributed by atoms with Crippen LogP contribution in [0.2, 0.25) is 0 Å². The molecule has 27 heavy (non-hydrogen) atoms. The van der Waals surface area contributed by atoms with Gasteiger partial charge in [0.05, 0.1) is 11.3 Å². The minimum atomic E-state index is -4.75. The lowest BCUT2D eigenvalue weighted by atomic mass is 10.1. The lowest BCUT2D eigenvalue weighted by molar-refractivity contribution is -0.274. The van der Waals surface area contributed by atoms with Gasteiger partial charge in [0.25, 0.3) is 0 Å². The molecule has 0 bridgehead atoms. The first-order valence-corrected chi connectivity index (χ1v) is 7.59. The third kappa shape index (κ3) is 4.94. The Morgan fingerprint density at radius 1 is 1.04 bits per heavy atom. The number of ether oxygens (including phenoxy) is 1. The van der Waals surface area contributed by atoms with E-state index in [9.17, 15) is 18.0 Å². The molecule has 0 spiro atoms. The molecule has 1 heterocycles. The first kappa shape index (κ1) is 18.2. The molecule has 0 radical (unpaired) electrons. The molecular formula is C18H12F3N3O3. The highest BCUT2D eigenvalue weighted by Crippen LogP contribution is 2.26. The van der Waals surface area contributed by atoms with Crippen LogP contribution in [-0.2, 0) is 0 Å². The third-order valence-electron chi connectivity index (χ3n) is 3.43. The summed E-state index contributed by atoms with van der Waals surface area (Å²) in [5.41, 5.74) is 1.70. The van der Waals surface area contributed by atoms with Crippen LogP contribution < -0.4 is 10.1 Å². The number of hydrogen-bond acceptors (Lipinski definition) is 5. The van der Waals surface area contributed by atoms with Gasteiger partial charge in [-0.05, 0) is 36.4 Å². The van der Waals surface area contributed by atoms with E-state index in [1.165, 1.54) is 42.7 Å². The molecule has 0 atom stereocenters. The van der Waals surface area contributed by atoms with Crippen LogP contribution in [0.3, 0.4) is 0 Å². The zero-order valence-corrected chi connectivity index (χ0v) is 13.6. The van der Waals surface area contributed by atoms with Crippen molar-refractivity contribution >= 4 is 17.5 Å². The van der Waals surface area contributed by atoms with E-state index in [2.05, 4.69) is 20.0 Å². The first-order valence-electron chi connectivity index (χ1n) is 7.59. The Kier molecular flexibility index (Phi) is 4.93. The fourth-order valence-electron chi connectivity index (χ4n) is 2.28. The molecule has 0 fully saturated rings. The Bertz CT molecular complexity index is 960. The summed E-state index contributed by atoms with van der Waals surface area (Å²) in [6.07, 6.45) is -3.45. The second-order valence-corrected chi connectivity index (χ2v) is 5.37. The van der Waals surface area contributed by atoms with E-state index in [1.807, 2.05) is 0 Å². The fourth-order valence-corrected chi connectivity index (χ4v) is 2.28. The highest BCUT2D eigenvalue weighted by atomic mass is 19.4. The number of anilines is 2. The SMILES string of the molecule is O=C(O)c1cccc(-c2cc(Nc3ccc(OC(F)(F)F)cc3)ncn2)c1. The summed E-state index contributed by atoms with van der Waals surface area (Å²) < 4.78 is 40.4. The molecule has 0 amide bonds. The number of nitrogens with zero attached hydrogens (tertiary/aromatic N) is 2. The molecule has 0 saturated carbocycles. The van der Waals surface area contributed by atoms with Crippen molar-refractivity contribution in [3.05, 3.63) is 66.5 Å². The Labute approximate surface area is 151 Å². The largest absolute Gasteiger partial charge is 0.573 e. The zero-order valence-electron chi connectivity index (χ0n) is 13.6. The molecule has 1 aromatic heterocycles. The molecular weight excluding hydrogens is 363 g/mol. The average molecular weight is 375 g/mol. The summed E-state index contributed by atoms with van der Waals surface area (Å²) in [6, 6.07) is 13.0. The van der Waals surface area contributed by atoms with Gasteiger partial charge in [-0.2, -0.15) is 0 Å².